The van der Waals surface area contributed by atoms with Crippen molar-refractivity contribution in [1.29, 1.82) is 0 Å². The number of aryl methyl sites for hydroxylation is 1. The van der Waals surface area contributed by atoms with E-state index in [-0.39, 0.29) is 11.8 Å². The highest BCUT2D eigenvalue weighted by Gasteiger charge is 2.29. The van der Waals surface area contributed by atoms with Crippen molar-refractivity contribution < 1.29 is 4.79 Å². The standard InChI is InChI=1S/C24H32O/c1-6-7-15-23(25)24(19(5)20-12-10-11-18(4)16-20)22-14-9-8-13-21(22)17(2)3/h8-14,16-17,19,24H,6-7,15H2,1-5H3. The third kappa shape index (κ3) is 4.81. The summed E-state index contributed by atoms with van der Waals surface area (Å²) in [5.74, 6) is 0.919. The van der Waals surface area contributed by atoms with Crippen molar-refractivity contribution in [2.75, 3.05) is 0 Å². The Morgan fingerprint density at radius 1 is 0.960 bits per heavy atom. The molecule has 0 fully saturated rings. The molecule has 0 aliphatic carbocycles. The molecule has 0 aliphatic heterocycles. The van der Waals surface area contributed by atoms with E-state index in [4.69, 9.17) is 0 Å². The zero-order chi connectivity index (χ0) is 18.4. The quantitative estimate of drug-likeness (QED) is 0.520. The summed E-state index contributed by atoms with van der Waals surface area (Å²) < 4.78 is 0. The highest BCUT2D eigenvalue weighted by atomic mass is 16.1. The van der Waals surface area contributed by atoms with Crippen LogP contribution in [0.2, 0.25) is 0 Å². The number of benzene rings is 2. The Hall–Kier alpha value is -1.89. The maximum absolute atomic E-state index is 13.2. The highest BCUT2D eigenvalue weighted by Crippen LogP contribution is 2.38. The largest absolute Gasteiger partial charge is 0.299 e. The molecule has 2 unspecified atom stereocenters. The topological polar surface area (TPSA) is 17.1 Å². The normalized spacial score (nSPS) is 13.7. The van der Waals surface area contributed by atoms with Crippen LogP contribution in [0.4, 0.5) is 0 Å². The predicted molar refractivity (Wildman–Crippen MR) is 107 cm³/mol. The lowest BCUT2D eigenvalue weighted by atomic mass is 9.75. The number of hydrogen-bond donors (Lipinski definition) is 0. The number of ketones is 1. The van der Waals surface area contributed by atoms with Gasteiger partial charge in [-0.25, -0.2) is 0 Å². The summed E-state index contributed by atoms with van der Waals surface area (Å²) in [6, 6.07) is 17.1. The fourth-order valence-corrected chi connectivity index (χ4v) is 3.69. The Kier molecular flexibility index (Phi) is 6.99. The first-order chi connectivity index (χ1) is 12.0. The fourth-order valence-electron chi connectivity index (χ4n) is 3.69. The first kappa shape index (κ1) is 19.4. The second-order valence-corrected chi connectivity index (χ2v) is 7.53. The third-order valence-corrected chi connectivity index (χ3v) is 5.14. The minimum Gasteiger partial charge on any atom is -0.299 e. The van der Waals surface area contributed by atoms with Crippen molar-refractivity contribution in [2.45, 2.75) is 71.6 Å². The summed E-state index contributed by atoms with van der Waals surface area (Å²) in [5, 5.41) is 0. The van der Waals surface area contributed by atoms with E-state index in [0.29, 0.717) is 18.1 Å². The molecule has 0 N–H and O–H groups in total. The van der Waals surface area contributed by atoms with Gasteiger partial charge in [0.2, 0.25) is 0 Å². The molecule has 2 aromatic carbocycles. The van der Waals surface area contributed by atoms with Crippen molar-refractivity contribution >= 4 is 5.78 Å². The van der Waals surface area contributed by atoms with Crippen LogP contribution in [0, 0.1) is 6.92 Å². The van der Waals surface area contributed by atoms with E-state index in [0.717, 1.165) is 12.8 Å². The summed E-state index contributed by atoms with van der Waals surface area (Å²) in [7, 11) is 0. The van der Waals surface area contributed by atoms with Crippen LogP contribution in [0.5, 0.6) is 0 Å². The molecule has 2 aromatic rings. The monoisotopic (exact) mass is 336 g/mol. The molecular weight excluding hydrogens is 304 g/mol. The molecule has 0 heterocycles. The van der Waals surface area contributed by atoms with E-state index in [2.05, 4.69) is 83.1 Å². The van der Waals surface area contributed by atoms with E-state index in [9.17, 15) is 4.79 Å². The molecule has 1 nitrogen and oxygen atoms in total. The van der Waals surface area contributed by atoms with Crippen molar-refractivity contribution in [3.63, 3.8) is 0 Å². The molecule has 1 heteroatoms. The highest BCUT2D eigenvalue weighted by molar-refractivity contribution is 5.87. The van der Waals surface area contributed by atoms with Gasteiger partial charge in [-0.3, -0.25) is 4.79 Å². The number of Topliss-reactive ketones (excluding diaryl/α,β-unsaturated/α-hetero) is 1. The predicted octanol–water partition coefficient (Wildman–Crippen LogP) is 6.77. The second-order valence-electron chi connectivity index (χ2n) is 7.53. The van der Waals surface area contributed by atoms with Gasteiger partial charge >= 0.3 is 0 Å². The average molecular weight is 337 g/mol. The molecule has 0 radical (unpaired) electrons. The maximum atomic E-state index is 13.2. The van der Waals surface area contributed by atoms with E-state index in [1.54, 1.807) is 0 Å². The third-order valence-electron chi connectivity index (χ3n) is 5.14. The summed E-state index contributed by atoms with van der Waals surface area (Å²) >= 11 is 0. The minimum atomic E-state index is -0.0630. The summed E-state index contributed by atoms with van der Waals surface area (Å²) in [4.78, 5) is 13.2. The second kappa shape index (κ2) is 8.99. The Bertz CT molecular complexity index is 699. The van der Waals surface area contributed by atoms with Crippen molar-refractivity contribution in [3.8, 4) is 0 Å². The summed E-state index contributed by atoms with van der Waals surface area (Å²) in [5.41, 5.74) is 5.03. The Morgan fingerprint density at radius 3 is 2.24 bits per heavy atom. The van der Waals surface area contributed by atoms with Crippen LogP contribution in [0.3, 0.4) is 0 Å². The number of unbranched alkanes of at least 4 members (excludes halogenated alkanes) is 1. The number of carbonyl (C=O) groups excluding carboxylic acids is 1. The van der Waals surface area contributed by atoms with Gasteiger partial charge in [0.25, 0.3) is 0 Å². The SMILES string of the molecule is CCCCC(=O)C(c1ccccc1C(C)C)C(C)c1cccc(C)c1. The van der Waals surface area contributed by atoms with Gasteiger partial charge in [-0.1, -0.05) is 88.2 Å². The molecule has 2 atom stereocenters. The smallest absolute Gasteiger partial charge is 0.140 e. The van der Waals surface area contributed by atoms with E-state index < -0.39 is 0 Å². The lowest BCUT2D eigenvalue weighted by Gasteiger charge is -2.27. The lowest BCUT2D eigenvalue weighted by molar-refractivity contribution is -0.121. The zero-order valence-corrected chi connectivity index (χ0v) is 16.4. The minimum absolute atomic E-state index is 0.0630. The van der Waals surface area contributed by atoms with Crippen LogP contribution < -0.4 is 0 Å². The van der Waals surface area contributed by atoms with E-state index in [1.165, 1.54) is 22.3 Å². The van der Waals surface area contributed by atoms with Gasteiger partial charge in [-0.15, -0.1) is 0 Å². The van der Waals surface area contributed by atoms with Crippen molar-refractivity contribution in [3.05, 3.63) is 70.8 Å². The molecule has 0 spiro atoms. The number of rotatable bonds is 8. The summed E-state index contributed by atoms with van der Waals surface area (Å²) in [6.07, 6.45) is 2.70. The van der Waals surface area contributed by atoms with Crippen LogP contribution in [0.1, 0.15) is 87.0 Å². The van der Waals surface area contributed by atoms with Crippen molar-refractivity contribution in [1.82, 2.24) is 0 Å². The molecule has 0 aliphatic rings. The van der Waals surface area contributed by atoms with Gasteiger partial charge in [-0.2, -0.15) is 0 Å². The zero-order valence-electron chi connectivity index (χ0n) is 16.4. The molecule has 0 amide bonds. The van der Waals surface area contributed by atoms with Gasteiger partial charge in [0.1, 0.15) is 5.78 Å². The molecular formula is C24H32O. The molecule has 0 saturated heterocycles. The molecule has 134 valence electrons. The van der Waals surface area contributed by atoms with Crippen LogP contribution in [0.25, 0.3) is 0 Å². The Balaban J connectivity index is 2.48. The Labute approximate surface area is 153 Å². The van der Waals surface area contributed by atoms with Gasteiger partial charge in [0.05, 0.1) is 0 Å². The molecule has 0 aromatic heterocycles. The molecule has 2 rings (SSSR count). The number of carbonyl (C=O) groups is 1. The average Bonchev–Trinajstić information content (AvgIpc) is 2.60. The maximum Gasteiger partial charge on any atom is 0.140 e. The van der Waals surface area contributed by atoms with Gasteiger partial charge in [0.15, 0.2) is 0 Å². The molecule has 0 bridgehead atoms. The van der Waals surface area contributed by atoms with Crippen LogP contribution in [0.15, 0.2) is 48.5 Å². The van der Waals surface area contributed by atoms with E-state index >= 15 is 0 Å². The Morgan fingerprint density at radius 2 is 1.64 bits per heavy atom. The molecule has 25 heavy (non-hydrogen) atoms. The molecule has 0 saturated carbocycles. The van der Waals surface area contributed by atoms with Crippen LogP contribution in [-0.2, 0) is 4.79 Å². The van der Waals surface area contributed by atoms with Crippen LogP contribution >= 0.6 is 0 Å². The first-order valence-electron chi connectivity index (χ1n) is 9.63. The van der Waals surface area contributed by atoms with Crippen molar-refractivity contribution in [2.24, 2.45) is 0 Å². The lowest BCUT2D eigenvalue weighted by Crippen LogP contribution is -2.21. The summed E-state index contributed by atoms with van der Waals surface area (Å²) in [6.45, 7) is 10.9. The first-order valence-corrected chi connectivity index (χ1v) is 9.63. The van der Waals surface area contributed by atoms with E-state index in [1.807, 2.05) is 0 Å². The fraction of sp³-hybridized carbons (Fsp3) is 0.458. The van der Waals surface area contributed by atoms with Gasteiger partial charge in [-0.05, 0) is 41.9 Å². The number of hydrogen-bond acceptors (Lipinski definition) is 1. The van der Waals surface area contributed by atoms with Gasteiger partial charge in [0, 0.05) is 12.3 Å². The van der Waals surface area contributed by atoms with Gasteiger partial charge < -0.3 is 0 Å². The van der Waals surface area contributed by atoms with Crippen LogP contribution in [-0.4, -0.2) is 5.78 Å².